The molecule has 2 rings (SSSR count). The zero-order valence-electron chi connectivity index (χ0n) is 12.0. The third-order valence-corrected chi connectivity index (χ3v) is 3.24. The number of rotatable bonds is 7. The number of aromatic nitrogens is 1. The molecule has 1 amide bonds. The number of halogens is 1. The maximum atomic E-state index is 11.8. The Balaban J connectivity index is 1.61. The summed E-state index contributed by atoms with van der Waals surface area (Å²) in [4.78, 5) is 25.1. The average molecular weight is 321 g/mol. The van der Waals surface area contributed by atoms with Crippen molar-refractivity contribution in [2.75, 3.05) is 13.2 Å². The summed E-state index contributed by atoms with van der Waals surface area (Å²) >= 11 is 5.79. The van der Waals surface area contributed by atoms with Crippen molar-refractivity contribution in [1.82, 2.24) is 10.3 Å². The minimum absolute atomic E-state index is 0.199. The second-order valence-electron chi connectivity index (χ2n) is 4.71. The Hall–Kier alpha value is -2.27. The van der Waals surface area contributed by atoms with Crippen LogP contribution >= 0.6 is 11.6 Å². The molecule has 22 heavy (non-hydrogen) atoms. The van der Waals surface area contributed by atoms with Gasteiger partial charge >= 0.3 is 0 Å². The van der Waals surface area contributed by atoms with Gasteiger partial charge in [0, 0.05) is 23.8 Å². The largest absolute Gasteiger partial charge is 0.494 e. The Morgan fingerprint density at radius 3 is 2.59 bits per heavy atom. The van der Waals surface area contributed by atoms with Crippen molar-refractivity contribution in [3.8, 4) is 5.75 Å². The molecule has 6 heteroatoms. The molecule has 0 atom stereocenters. The molecule has 0 radical (unpaired) electrons. The van der Waals surface area contributed by atoms with Crippen LogP contribution < -0.4 is 15.6 Å². The highest BCUT2D eigenvalue weighted by molar-refractivity contribution is 6.30. The number of hydrogen-bond acceptors (Lipinski definition) is 3. The number of carbonyl (C=O) groups is 1. The van der Waals surface area contributed by atoms with E-state index in [4.69, 9.17) is 16.3 Å². The first-order chi connectivity index (χ1) is 10.6. The highest BCUT2D eigenvalue weighted by atomic mass is 35.5. The van der Waals surface area contributed by atoms with Crippen LogP contribution in [-0.2, 0) is 0 Å². The van der Waals surface area contributed by atoms with Gasteiger partial charge in [-0.2, -0.15) is 0 Å². The Kier molecular flexibility index (Phi) is 6.03. The highest BCUT2D eigenvalue weighted by Crippen LogP contribution is 2.15. The maximum absolute atomic E-state index is 11.8. The molecule has 0 spiro atoms. The van der Waals surface area contributed by atoms with Crippen molar-refractivity contribution in [1.29, 1.82) is 0 Å². The number of hydrogen-bond donors (Lipinski definition) is 2. The van der Waals surface area contributed by atoms with E-state index in [1.807, 2.05) is 12.1 Å². The van der Waals surface area contributed by atoms with Crippen LogP contribution in [0.15, 0.2) is 47.4 Å². The lowest BCUT2D eigenvalue weighted by atomic mass is 10.2. The first-order valence-corrected chi connectivity index (χ1v) is 7.38. The smallest absolute Gasteiger partial charge is 0.252 e. The minimum Gasteiger partial charge on any atom is -0.494 e. The molecule has 2 N–H and O–H groups in total. The Bertz CT molecular complexity index is 647. The number of benzene rings is 1. The van der Waals surface area contributed by atoms with Gasteiger partial charge < -0.3 is 15.0 Å². The third-order valence-electron chi connectivity index (χ3n) is 2.99. The summed E-state index contributed by atoms with van der Waals surface area (Å²) in [6.45, 7) is 1.14. The van der Waals surface area contributed by atoms with Crippen LogP contribution in [0.5, 0.6) is 5.75 Å². The normalized spacial score (nSPS) is 10.2. The first kappa shape index (κ1) is 16.1. The zero-order chi connectivity index (χ0) is 15.8. The third kappa shape index (κ3) is 5.26. The molecule has 0 aliphatic carbocycles. The van der Waals surface area contributed by atoms with Gasteiger partial charge in [0.2, 0.25) is 5.56 Å². The van der Waals surface area contributed by atoms with E-state index >= 15 is 0 Å². The number of aromatic amines is 1. The zero-order valence-corrected chi connectivity index (χ0v) is 12.7. The van der Waals surface area contributed by atoms with E-state index in [1.54, 1.807) is 12.1 Å². The molecule has 0 saturated heterocycles. The van der Waals surface area contributed by atoms with Crippen LogP contribution in [-0.4, -0.2) is 24.0 Å². The van der Waals surface area contributed by atoms with Gasteiger partial charge in [0.15, 0.2) is 0 Å². The first-order valence-electron chi connectivity index (χ1n) is 7.00. The van der Waals surface area contributed by atoms with E-state index in [1.165, 1.54) is 18.3 Å². The maximum Gasteiger partial charge on any atom is 0.252 e. The number of unbranched alkanes of at least 4 members (excludes halogenated alkanes) is 1. The summed E-state index contributed by atoms with van der Waals surface area (Å²) in [5.74, 6) is 0.580. The number of pyridine rings is 1. The number of H-pyrrole nitrogens is 1. The molecule has 1 aromatic carbocycles. The molecule has 116 valence electrons. The van der Waals surface area contributed by atoms with Crippen molar-refractivity contribution in [3.05, 3.63) is 63.5 Å². The Labute approximate surface area is 133 Å². The molecule has 0 fully saturated rings. The van der Waals surface area contributed by atoms with Crippen LogP contribution in [0.25, 0.3) is 0 Å². The van der Waals surface area contributed by atoms with Gasteiger partial charge in [-0.3, -0.25) is 9.59 Å². The summed E-state index contributed by atoms with van der Waals surface area (Å²) in [6.07, 6.45) is 3.04. The topological polar surface area (TPSA) is 71.2 Å². The number of carbonyl (C=O) groups excluding carboxylic acids is 1. The fourth-order valence-corrected chi connectivity index (χ4v) is 1.93. The number of nitrogens with one attached hydrogen (secondary N) is 2. The van der Waals surface area contributed by atoms with Crippen molar-refractivity contribution >= 4 is 17.5 Å². The number of amides is 1. The van der Waals surface area contributed by atoms with Crippen molar-refractivity contribution in [2.24, 2.45) is 0 Å². The van der Waals surface area contributed by atoms with Gasteiger partial charge in [-0.1, -0.05) is 11.6 Å². The second-order valence-corrected chi connectivity index (χ2v) is 5.14. The molecule has 0 bridgehead atoms. The van der Waals surface area contributed by atoms with Gasteiger partial charge in [-0.15, -0.1) is 0 Å². The van der Waals surface area contributed by atoms with Crippen LogP contribution in [0.4, 0.5) is 0 Å². The summed E-state index contributed by atoms with van der Waals surface area (Å²) in [7, 11) is 0. The highest BCUT2D eigenvalue weighted by Gasteiger charge is 2.04. The summed E-state index contributed by atoms with van der Waals surface area (Å²) in [5, 5.41) is 3.47. The predicted molar refractivity (Wildman–Crippen MR) is 85.6 cm³/mol. The fraction of sp³-hybridized carbons (Fsp3) is 0.250. The molecular formula is C16H17ClN2O3. The van der Waals surface area contributed by atoms with E-state index in [-0.39, 0.29) is 11.5 Å². The Morgan fingerprint density at radius 2 is 1.91 bits per heavy atom. The lowest BCUT2D eigenvalue weighted by Crippen LogP contribution is -2.25. The standard InChI is InChI=1S/C16H17ClN2O3/c17-13-4-6-14(7-5-13)22-10-2-1-9-18-16(21)12-3-8-15(20)19-11-12/h3-8,11H,1-2,9-10H2,(H,18,21)(H,19,20). The fourth-order valence-electron chi connectivity index (χ4n) is 1.80. The minimum atomic E-state index is -0.226. The van der Waals surface area contributed by atoms with Gasteiger partial charge in [-0.05, 0) is 43.2 Å². The van der Waals surface area contributed by atoms with Crippen LogP contribution in [0.1, 0.15) is 23.2 Å². The van der Waals surface area contributed by atoms with Crippen LogP contribution in [0.2, 0.25) is 5.02 Å². The summed E-state index contributed by atoms with van der Waals surface area (Å²) in [6, 6.07) is 10.0. The van der Waals surface area contributed by atoms with Crippen molar-refractivity contribution < 1.29 is 9.53 Å². The molecule has 5 nitrogen and oxygen atoms in total. The molecule has 0 saturated carbocycles. The summed E-state index contributed by atoms with van der Waals surface area (Å²) in [5.41, 5.74) is 0.216. The van der Waals surface area contributed by atoms with Gasteiger partial charge in [0.25, 0.3) is 5.91 Å². The second kappa shape index (κ2) is 8.24. The molecule has 0 aliphatic heterocycles. The van der Waals surface area contributed by atoms with E-state index in [0.717, 1.165) is 18.6 Å². The monoisotopic (exact) mass is 320 g/mol. The van der Waals surface area contributed by atoms with Crippen molar-refractivity contribution in [2.45, 2.75) is 12.8 Å². The number of ether oxygens (including phenoxy) is 1. The molecule has 0 unspecified atom stereocenters. The molecule has 1 aromatic heterocycles. The van der Waals surface area contributed by atoms with E-state index in [0.29, 0.717) is 23.7 Å². The van der Waals surface area contributed by atoms with E-state index in [2.05, 4.69) is 10.3 Å². The molecular weight excluding hydrogens is 304 g/mol. The quantitative estimate of drug-likeness (QED) is 0.770. The lowest BCUT2D eigenvalue weighted by Gasteiger charge is -2.07. The SMILES string of the molecule is O=C(NCCCCOc1ccc(Cl)cc1)c1ccc(=O)[nH]c1. The van der Waals surface area contributed by atoms with Gasteiger partial charge in [0.05, 0.1) is 12.2 Å². The molecule has 0 aliphatic rings. The molecule has 2 aromatic rings. The van der Waals surface area contributed by atoms with Gasteiger partial charge in [0.1, 0.15) is 5.75 Å². The van der Waals surface area contributed by atoms with E-state index < -0.39 is 0 Å². The Morgan fingerprint density at radius 1 is 1.14 bits per heavy atom. The lowest BCUT2D eigenvalue weighted by molar-refractivity contribution is 0.0952. The average Bonchev–Trinajstić information content (AvgIpc) is 2.53. The molecule has 1 heterocycles. The van der Waals surface area contributed by atoms with Crippen molar-refractivity contribution in [3.63, 3.8) is 0 Å². The summed E-state index contributed by atoms with van der Waals surface area (Å²) < 4.78 is 5.55. The van der Waals surface area contributed by atoms with E-state index in [9.17, 15) is 9.59 Å². The van der Waals surface area contributed by atoms with Crippen LogP contribution in [0, 0.1) is 0 Å². The van der Waals surface area contributed by atoms with Gasteiger partial charge in [-0.25, -0.2) is 0 Å². The predicted octanol–water partition coefficient (Wildman–Crippen LogP) is 2.62. The van der Waals surface area contributed by atoms with Crippen LogP contribution in [0.3, 0.4) is 0 Å².